The van der Waals surface area contributed by atoms with Gasteiger partial charge in [0.25, 0.3) is 5.92 Å². The van der Waals surface area contributed by atoms with Crippen LogP contribution < -0.4 is 5.69 Å². The van der Waals surface area contributed by atoms with Crippen LogP contribution in [0.4, 0.5) is 17.6 Å². The van der Waals surface area contributed by atoms with E-state index in [9.17, 15) is 22.4 Å². The Balaban J connectivity index is 1.59. The Labute approximate surface area is 144 Å². The van der Waals surface area contributed by atoms with Crippen molar-refractivity contribution in [1.82, 2.24) is 14.3 Å². The second-order valence-corrected chi connectivity index (χ2v) is 7.39. The molecule has 2 heterocycles. The van der Waals surface area contributed by atoms with Crippen LogP contribution in [0, 0.1) is 28.4 Å². The van der Waals surface area contributed by atoms with E-state index in [4.69, 9.17) is 5.26 Å². The molecule has 0 radical (unpaired) electrons. The van der Waals surface area contributed by atoms with Gasteiger partial charge < -0.3 is 0 Å². The number of halogens is 4. The molecular formula is C17H12F4N4O. The van der Waals surface area contributed by atoms with Gasteiger partial charge in [-0.3, -0.25) is 4.57 Å². The van der Waals surface area contributed by atoms with Gasteiger partial charge in [-0.2, -0.15) is 10.4 Å². The maximum atomic E-state index is 14.4. The van der Waals surface area contributed by atoms with Gasteiger partial charge in [-0.05, 0) is 24.1 Å². The standard InChI is InChI=1S/C17H12F4N4O/c18-10-3-9(4-11(19)5-10)12-1-2-13-23-25(14(26)24(12)13)16-6-15(7-16,8-22)17(16,20)21/h3-5,12H,1-2,6-7H2/t12-,15?,16?/m0/s1. The van der Waals surface area contributed by atoms with Crippen LogP contribution in [-0.4, -0.2) is 20.3 Å². The highest BCUT2D eigenvalue weighted by atomic mass is 19.3. The van der Waals surface area contributed by atoms with Gasteiger partial charge in [-0.15, -0.1) is 0 Å². The van der Waals surface area contributed by atoms with Crippen molar-refractivity contribution in [3.63, 3.8) is 0 Å². The van der Waals surface area contributed by atoms with E-state index >= 15 is 0 Å². The maximum absolute atomic E-state index is 14.4. The van der Waals surface area contributed by atoms with Crippen LogP contribution in [0.15, 0.2) is 23.0 Å². The minimum Gasteiger partial charge on any atom is -0.271 e. The summed E-state index contributed by atoms with van der Waals surface area (Å²) in [5.41, 5.74) is -3.92. The van der Waals surface area contributed by atoms with E-state index in [2.05, 4.69) is 5.10 Å². The van der Waals surface area contributed by atoms with Crippen molar-refractivity contribution in [3.8, 4) is 6.07 Å². The number of benzene rings is 1. The molecule has 0 unspecified atom stereocenters. The van der Waals surface area contributed by atoms with Crippen molar-refractivity contribution in [2.45, 2.75) is 43.2 Å². The molecule has 1 aromatic carbocycles. The highest BCUT2D eigenvalue weighted by Gasteiger charge is 2.91. The van der Waals surface area contributed by atoms with Crippen LogP contribution in [0.1, 0.15) is 36.7 Å². The normalized spacial score (nSPS) is 33.1. The molecule has 2 bridgehead atoms. The molecule has 134 valence electrons. The average Bonchev–Trinajstić information content (AvgIpc) is 3.07. The van der Waals surface area contributed by atoms with Crippen LogP contribution in [0.2, 0.25) is 0 Å². The van der Waals surface area contributed by atoms with E-state index in [1.165, 1.54) is 4.57 Å². The van der Waals surface area contributed by atoms with Crippen LogP contribution >= 0.6 is 0 Å². The Bertz CT molecular complexity index is 1040. The molecule has 3 fully saturated rings. The van der Waals surface area contributed by atoms with Crippen LogP contribution in [-0.2, 0) is 12.0 Å². The van der Waals surface area contributed by atoms with E-state index in [0.717, 1.165) is 22.9 Å². The highest BCUT2D eigenvalue weighted by molar-refractivity contribution is 5.39. The van der Waals surface area contributed by atoms with Gasteiger partial charge in [-0.1, -0.05) is 0 Å². The fourth-order valence-corrected chi connectivity index (χ4v) is 4.71. The quantitative estimate of drug-likeness (QED) is 0.770. The summed E-state index contributed by atoms with van der Waals surface area (Å²) in [5.74, 6) is -4.53. The summed E-state index contributed by atoms with van der Waals surface area (Å²) in [5, 5.41) is 13.1. The molecule has 3 saturated carbocycles. The zero-order chi connectivity index (χ0) is 18.5. The summed E-state index contributed by atoms with van der Waals surface area (Å²) >= 11 is 0. The third kappa shape index (κ3) is 1.48. The number of hydrogen-bond acceptors (Lipinski definition) is 3. The summed E-state index contributed by atoms with van der Waals surface area (Å²) in [6.45, 7) is 0. The topological polar surface area (TPSA) is 63.6 Å². The summed E-state index contributed by atoms with van der Waals surface area (Å²) in [4.78, 5) is 12.8. The first-order valence-corrected chi connectivity index (χ1v) is 8.21. The molecule has 4 aliphatic rings. The first-order chi connectivity index (χ1) is 12.2. The van der Waals surface area contributed by atoms with Crippen molar-refractivity contribution < 1.29 is 17.6 Å². The predicted molar refractivity (Wildman–Crippen MR) is 79.5 cm³/mol. The second-order valence-electron chi connectivity index (χ2n) is 7.39. The third-order valence-corrected chi connectivity index (χ3v) is 6.10. The van der Waals surface area contributed by atoms with Gasteiger partial charge in [0.2, 0.25) is 0 Å². The fourth-order valence-electron chi connectivity index (χ4n) is 4.71. The van der Waals surface area contributed by atoms with Crippen LogP contribution in [0.25, 0.3) is 0 Å². The molecule has 6 rings (SSSR count). The number of aromatic nitrogens is 3. The van der Waals surface area contributed by atoms with Crippen molar-refractivity contribution in [1.29, 1.82) is 5.26 Å². The molecule has 1 aliphatic heterocycles. The number of aryl methyl sites for hydroxylation is 1. The van der Waals surface area contributed by atoms with E-state index < -0.39 is 40.2 Å². The Kier molecular flexibility index (Phi) is 2.62. The molecule has 3 aliphatic carbocycles. The molecule has 1 atom stereocenters. The molecule has 0 amide bonds. The van der Waals surface area contributed by atoms with Gasteiger partial charge in [0.05, 0.1) is 12.1 Å². The first kappa shape index (κ1) is 15.6. The first-order valence-electron chi connectivity index (χ1n) is 8.21. The van der Waals surface area contributed by atoms with E-state index in [-0.39, 0.29) is 18.4 Å². The number of alkyl halides is 2. The monoisotopic (exact) mass is 364 g/mol. The Morgan fingerprint density at radius 3 is 2.42 bits per heavy atom. The van der Waals surface area contributed by atoms with Crippen molar-refractivity contribution >= 4 is 0 Å². The summed E-state index contributed by atoms with van der Waals surface area (Å²) in [6.07, 6.45) is 0.529. The van der Waals surface area contributed by atoms with Crippen LogP contribution in [0.3, 0.4) is 0 Å². The molecule has 1 aromatic heterocycles. The summed E-state index contributed by atoms with van der Waals surface area (Å²) < 4.78 is 57.9. The van der Waals surface area contributed by atoms with Crippen molar-refractivity contribution in [3.05, 3.63) is 51.7 Å². The van der Waals surface area contributed by atoms with Gasteiger partial charge in [0, 0.05) is 25.3 Å². The zero-order valence-corrected chi connectivity index (χ0v) is 13.3. The predicted octanol–water partition coefficient (Wildman–Crippen LogP) is 2.51. The van der Waals surface area contributed by atoms with Gasteiger partial charge in [-0.25, -0.2) is 27.0 Å². The number of nitriles is 1. The molecule has 0 N–H and O–H groups in total. The molecule has 2 aromatic rings. The maximum Gasteiger partial charge on any atom is 0.347 e. The minimum absolute atomic E-state index is 0.112. The lowest BCUT2D eigenvalue weighted by atomic mass is 9.37. The Hall–Kier alpha value is -2.63. The van der Waals surface area contributed by atoms with Crippen LogP contribution in [0.5, 0.6) is 0 Å². The third-order valence-electron chi connectivity index (χ3n) is 6.10. The average molecular weight is 364 g/mol. The highest BCUT2D eigenvalue weighted by Crippen LogP contribution is 2.79. The van der Waals surface area contributed by atoms with Crippen molar-refractivity contribution in [2.24, 2.45) is 5.41 Å². The van der Waals surface area contributed by atoms with Gasteiger partial charge >= 0.3 is 5.69 Å². The summed E-state index contributed by atoms with van der Waals surface area (Å²) in [6, 6.07) is 4.01. The number of hydrogen-bond donors (Lipinski definition) is 0. The molecular weight excluding hydrogens is 352 g/mol. The number of nitrogens with zero attached hydrogens (tertiary/aromatic N) is 4. The van der Waals surface area contributed by atoms with E-state index in [0.29, 0.717) is 18.7 Å². The molecule has 0 spiro atoms. The van der Waals surface area contributed by atoms with Gasteiger partial charge in [0.15, 0.2) is 0 Å². The number of rotatable bonds is 2. The van der Waals surface area contributed by atoms with Crippen molar-refractivity contribution in [2.75, 3.05) is 0 Å². The largest absolute Gasteiger partial charge is 0.347 e. The Morgan fingerprint density at radius 1 is 1.19 bits per heavy atom. The van der Waals surface area contributed by atoms with E-state index in [1.807, 2.05) is 0 Å². The minimum atomic E-state index is -3.31. The second kappa shape index (κ2) is 4.37. The van der Waals surface area contributed by atoms with E-state index in [1.54, 1.807) is 6.07 Å². The molecule has 5 nitrogen and oxygen atoms in total. The van der Waals surface area contributed by atoms with Gasteiger partial charge in [0.1, 0.15) is 28.4 Å². The SMILES string of the molecule is N#CC12CC(n3nc4n(c3=O)[C@H](c3cc(F)cc(F)c3)CC4)(C1)C2(F)F. The smallest absolute Gasteiger partial charge is 0.271 e. The molecule has 26 heavy (non-hydrogen) atoms. The lowest BCUT2D eigenvalue weighted by molar-refractivity contribution is -0.377. The molecule has 9 heteroatoms. The fraction of sp³-hybridized carbons (Fsp3) is 0.471. The summed E-state index contributed by atoms with van der Waals surface area (Å²) in [7, 11) is 0. The lowest BCUT2D eigenvalue weighted by Gasteiger charge is -2.70. The zero-order valence-electron chi connectivity index (χ0n) is 13.3. The number of fused-ring (bicyclic) bond motifs is 1. The molecule has 0 saturated heterocycles. The Morgan fingerprint density at radius 2 is 1.85 bits per heavy atom. The lowest BCUT2D eigenvalue weighted by Crippen LogP contribution is -2.84.